The van der Waals surface area contributed by atoms with Crippen LogP contribution in [0.3, 0.4) is 0 Å². The standard InChI is InChI=1S/C14H20N2OS/c1-9-13(17)16-11-6-10(4-5-12(11)18-9)7-14(2,3)8-15/h4-6,9H,7-8,15H2,1-3H3,(H,16,17). The number of nitrogens with two attached hydrogens (primary N) is 1. The number of anilines is 1. The minimum absolute atomic E-state index is 0.0103. The molecular weight excluding hydrogens is 244 g/mol. The molecule has 1 amide bonds. The first-order chi connectivity index (χ1) is 8.41. The first-order valence-corrected chi connectivity index (χ1v) is 7.10. The molecule has 98 valence electrons. The maximum absolute atomic E-state index is 11.7. The number of carbonyl (C=O) groups is 1. The third-order valence-corrected chi connectivity index (χ3v) is 4.39. The van der Waals surface area contributed by atoms with Crippen LogP contribution >= 0.6 is 11.8 Å². The first kappa shape index (κ1) is 13.4. The van der Waals surface area contributed by atoms with Gasteiger partial charge in [-0.2, -0.15) is 0 Å². The molecule has 1 unspecified atom stereocenters. The maximum atomic E-state index is 11.7. The molecular formula is C14H20N2OS. The van der Waals surface area contributed by atoms with E-state index >= 15 is 0 Å². The van der Waals surface area contributed by atoms with Gasteiger partial charge in [0.2, 0.25) is 5.91 Å². The van der Waals surface area contributed by atoms with Crippen LogP contribution in [0.15, 0.2) is 23.1 Å². The van der Waals surface area contributed by atoms with Crippen molar-refractivity contribution in [3.63, 3.8) is 0 Å². The SMILES string of the molecule is CC1Sc2ccc(CC(C)(C)CN)cc2NC1=O. The fraction of sp³-hybridized carbons (Fsp3) is 0.500. The Morgan fingerprint density at radius 3 is 2.83 bits per heavy atom. The van der Waals surface area contributed by atoms with Gasteiger partial charge < -0.3 is 11.1 Å². The molecule has 3 nitrogen and oxygen atoms in total. The summed E-state index contributed by atoms with van der Waals surface area (Å²) >= 11 is 1.62. The third kappa shape index (κ3) is 2.87. The number of hydrogen-bond donors (Lipinski definition) is 2. The van der Waals surface area contributed by atoms with E-state index in [0.29, 0.717) is 6.54 Å². The van der Waals surface area contributed by atoms with Gasteiger partial charge in [-0.05, 0) is 43.0 Å². The maximum Gasteiger partial charge on any atom is 0.237 e. The molecule has 0 saturated heterocycles. The topological polar surface area (TPSA) is 55.1 Å². The predicted molar refractivity (Wildman–Crippen MR) is 76.9 cm³/mol. The Balaban J connectivity index is 2.23. The van der Waals surface area contributed by atoms with E-state index in [1.54, 1.807) is 11.8 Å². The van der Waals surface area contributed by atoms with E-state index in [0.717, 1.165) is 17.0 Å². The van der Waals surface area contributed by atoms with Crippen LogP contribution in [0.25, 0.3) is 0 Å². The highest BCUT2D eigenvalue weighted by atomic mass is 32.2. The molecule has 1 heterocycles. The van der Waals surface area contributed by atoms with Gasteiger partial charge in [0.05, 0.1) is 10.9 Å². The second-order valence-corrected chi connectivity index (χ2v) is 7.01. The number of rotatable bonds is 3. The van der Waals surface area contributed by atoms with Crippen LogP contribution in [0.2, 0.25) is 0 Å². The minimum Gasteiger partial charge on any atom is -0.330 e. The van der Waals surface area contributed by atoms with Crippen molar-refractivity contribution in [1.29, 1.82) is 0 Å². The second kappa shape index (κ2) is 4.94. The van der Waals surface area contributed by atoms with Gasteiger partial charge in [0, 0.05) is 4.90 Å². The zero-order valence-corrected chi connectivity index (χ0v) is 11.9. The largest absolute Gasteiger partial charge is 0.330 e. The molecule has 1 aromatic carbocycles. The Hall–Kier alpha value is -1.00. The van der Waals surface area contributed by atoms with Crippen LogP contribution in [0.4, 0.5) is 5.69 Å². The van der Waals surface area contributed by atoms with E-state index in [9.17, 15) is 4.79 Å². The number of amides is 1. The highest BCUT2D eigenvalue weighted by molar-refractivity contribution is 8.00. The van der Waals surface area contributed by atoms with Gasteiger partial charge in [-0.25, -0.2) is 0 Å². The summed E-state index contributed by atoms with van der Waals surface area (Å²) < 4.78 is 0. The van der Waals surface area contributed by atoms with Crippen molar-refractivity contribution in [3.05, 3.63) is 23.8 Å². The Kier molecular flexibility index (Phi) is 3.69. The van der Waals surface area contributed by atoms with Crippen molar-refractivity contribution < 1.29 is 4.79 Å². The molecule has 1 atom stereocenters. The Labute approximate surface area is 113 Å². The number of carbonyl (C=O) groups excluding carboxylic acids is 1. The first-order valence-electron chi connectivity index (χ1n) is 6.22. The van der Waals surface area contributed by atoms with Gasteiger partial charge >= 0.3 is 0 Å². The minimum atomic E-state index is -0.0103. The monoisotopic (exact) mass is 264 g/mol. The molecule has 0 aromatic heterocycles. The lowest BCUT2D eigenvalue weighted by Gasteiger charge is -2.25. The zero-order chi connectivity index (χ0) is 13.3. The van der Waals surface area contributed by atoms with Crippen LogP contribution < -0.4 is 11.1 Å². The highest BCUT2D eigenvalue weighted by Gasteiger charge is 2.24. The molecule has 1 aliphatic rings. The molecule has 18 heavy (non-hydrogen) atoms. The number of benzene rings is 1. The van der Waals surface area contributed by atoms with Gasteiger partial charge in [-0.15, -0.1) is 11.8 Å². The van der Waals surface area contributed by atoms with Crippen LogP contribution in [-0.4, -0.2) is 17.7 Å². The van der Waals surface area contributed by atoms with Gasteiger partial charge in [-0.3, -0.25) is 4.79 Å². The van der Waals surface area contributed by atoms with E-state index in [2.05, 4.69) is 37.4 Å². The molecule has 1 aromatic rings. The van der Waals surface area contributed by atoms with Crippen LogP contribution in [0.1, 0.15) is 26.3 Å². The number of fused-ring (bicyclic) bond motifs is 1. The molecule has 0 saturated carbocycles. The lowest BCUT2D eigenvalue weighted by Crippen LogP contribution is -2.27. The van der Waals surface area contributed by atoms with E-state index in [1.165, 1.54) is 5.56 Å². The Bertz CT molecular complexity index is 471. The fourth-order valence-electron chi connectivity index (χ4n) is 1.99. The quantitative estimate of drug-likeness (QED) is 0.882. The normalized spacial score (nSPS) is 19.3. The van der Waals surface area contributed by atoms with E-state index in [1.807, 2.05) is 6.92 Å². The highest BCUT2D eigenvalue weighted by Crippen LogP contribution is 2.36. The number of nitrogens with one attached hydrogen (secondary N) is 1. The summed E-state index contributed by atoms with van der Waals surface area (Å²) in [6, 6.07) is 6.30. The van der Waals surface area contributed by atoms with Gasteiger partial charge in [0.1, 0.15) is 0 Å². The summed E-state index contributed by atoms with van der Waals surface area (Å²) in [5.74, 6) is 0.0859. The summed E-state index contributed by atoms with van der Waals surface area (Å²) in [6.45, 7) is 6.89. The van der Waals surface area contributed by atoms with Gasteiger partial charge in [-0.1, -0.05) is 19.9 Å². The summed E-state index contributed by atoms with van der Waals surface area (Å²) in [6.07, 6.45) is 0.923. The van der Waals surface area contributed by atoms with E-state index < -0.39 is 0 Å². The average Bonchev–Trinajstić information content (AvgIpc) is 2.31. The van der Waals surface area contributed by atoms with Crippen molar-refractivity contribution in [2.45, 2.75) is 37.3 Å². The Morgan fingerprint density at radius 2 is 2.17 bits per heavy atom. The zero-order valence-electron chi connectivity index (χ0n) is 11.1. The van der Waals surface area contributed by atoms with Crippen molar-refractivity contribution in [2.24, 2.45) is 11.1 Å². The summed E-state index contributed by atoms with van der Waals surface area (Å²) in [4.78, 5) is 12.8. The van der Waals surface area contributed by atoms with Crippen molar-refractivity contribution in [2.75, 3.05) is 11.9 Å². The lowest BCUT2D eigenvalue weighted by atomic mass is 9.86. The molecule has 1 aliphatic heterocycles. The molecule has 0 fully saturated rings. The smallest absolute Gasteiger partial charge is 0.237 e. The molecule has 0 aliphatic carbocycles. The molecule has 0 bridgehead atoms. The summed E-state index contributed by atoms with van der Waals surface area (Å²) in [5.41, 5.74) is 8.01. The molecule has 0 spiro atoms. The number of hydrogen-bond acceptors (Lipinski definition) is 3. The average molecular weight is 264 g/mol. The van der Waals surface area contributed by atoms with Gasteiger partial charge in [0.15, 0.2) is 0 Å². The van der Waals surface area contributed by atoms with Crippen molar-refractivity contribution in [1.82, 2.24) is 0 Å². The molecule has 4 heteroatoms. The van der Waals surface area contributed by atoms with E-state index in [4.69, 9.17) is 5.73 Å². The van der Waals surface area contributed by atoms with Crippen LogP contribution in [0.5, 0.6) is 0 Å². The van der Waals surface area contributed by atoms with Crippen molar-refractivity contribution in [3.8, 4) is 0 Å². The molecule has 3 N–H and O–H groups in total. The second-order valence-electron chi connectivity index (χ2n) is 5.62. The fourth-order valence-corrected chi connectivity index (χ4v) is 2.92. The summed E-state index contributed by atoms with van der Waals surface area (Å²) in [7, 11) is 0. The van der Waals surface area contributed by atoms with Crippen molar-refractivity contribution >= 4 is 23.4 Å². The molecule has 2 rings (SSSR count). The third-order valence-electron chi connectivity index (χ3n) is 3.21. The molecule has 0 radical (unpaired) electrons. The number of thioether (sulfide) groups is 1. The lowest BCUT2D eigenvalue weighted by molar-refractivity contribution is -0.115. The summed E-state index contributed by atoms with van der Waals surface area (Å²) in [5, 5.41) is 2.95. The van der Waals surface area contributed by atoms with Crippen LogP contribution in [-0.2, 0) is 11.2 Å². The Morgan fingerprint density at radius 1 is 1.44 bits per heavy atom. The van der Waals surface area contributed by atoms with Crippen LogP contribution in [0, 0.1) is 5.41 Å². The van der Waals surface area contributed by atoms with Gasteiger partial charge in [0.25, 0.3) is 0 Å². The predicted octanol–water partition coefficient (Wildman–Crippen LogP) is 2.65. The van der Waals surface area contributed by atoms with E-state index in [-0.39, 0.29) is 16.6 Å².